The van der Waals surface area contributed by atoms with E-state index in [1.165, 1.54) is 43.5 Å². The first-order valence-electron chi connectivity index (χ1n) is 7.73. The molecule has 0 amide bonds. The van der Waals surface area contributed by atoms with E-state index in [1.54, 1.807) is 19.1 Å². The molecule has 0 unspecified atom stereocenters. The van der Waals surface area contributed by atoms with Crippen molar-refractivity contribution in [3.8, 4) is 5.75 Å². The van der Waals surface area contributed by atoms with Crippen LogP contribution in [-0.4, -0.2) is 34.1 Å². The number of esters is 2. The van der Waals surface area contributed by atoms with Crippen molar-refractivity contribution in [2.45, 2.75) is 18.2 Å². The summed E-state index contributed by atoms with van der Waals surface area (Å²) in [7, 11) is -2.76. The molecule has 26 heavy (non-hydrogen) atoms. The van der Waals surface area contributed by atoms with Gasteiger partial charge in [-0.3, -0.25) is 4.79 Å². The Hall–Kier alpha value is -2.87. The van der Waals surface area contributed by atoms with Crippen molar-refractivity contribution < 1.29 is 31.7 Å². The molecule has 0 saturated heterocycles. The van der Waals surface area contributed by atoms with Gasteiger partial charge in [0.25, 0.3) is 0 Å². The van der Waals surface area contributed by atoms with Crippen LogP contribution in [0.3, 0.4) is 0 Å². The molecule has 0 heterocycles. The third-order valence-corrected chi connectivity index (χ3v) is 4.62. The summed E-state index contributed by atoms with van der Waals surface area (Å²) in [6.07, 6.45) is 0.0822. The highest BCUT2D eigenvalue weighted by atomic mass is 32.2. The Balaban J connectivity index is 2.10. The number of hydrogen-bond donors (Lipinski definition) is 0. The minimum Gasteiger partial charge on any atom is -0.469 e. The second kappa shape index (κ2) is 8.48. The molecule has 0 atom stereocenters. The molecule has 2 aromatic carbocycles. The van der Waals surface area contributed by atoms with Crippen molar-refractivity contribution in [1.82, 2.24) is 0 Å². The number of benzene rings is 2. The van der Waals surface area contributed by atoms with Gasteiger partial charge in [-0.05, 0) is 48.9 Å². The van der Waals surface area contributed by atoms with Gasteiger partial charge in [0.05, 0.1) is 25.7 Å². The molecule has 0 aliphatic heterocycles. The summed E-state index contributed by atoms with van der Waals surface area (Å²) in [5, 5.41) is 0. The highest BCUT2D eigenvalue weighted by Gasteiger charge is 2.18. The third-order valence-electron chi connectivity index (χ3n) is 3.36. The van der Waals surface area contributed by atoms with Gasteiger partial charge < -0.3 is 13.7 Å². The lowest BCUT2D eigenvalue weighted by atomic mass is 10.1. The zero-order chi connectivity index (χ0) is 19.2. The average molecular weight is 378 g/mol. The lowest BCUT2D eigenvalue weighted by Crippen LogP contribution is -2.11. The number of rotatable bonds is 7. The fourth-order valence-electron chi connectivity index (χ4n) is 2.05. The summed E-state index contributed by atoms with van der Waals surface area (Å²) >= 11 is 0. The van der Waals surface area contributed by atoms with Crippen LogP contribution >= 0.6 is 0 Å². The van der Waals surface area contributed by atoms with Crippen LogP contribution in [-0.2, 0) is 30.8 Å². The standard InChI is InChI=1S/C18H18O7S/c1-3-24-18(20)14-6-10-16(11-7-14)26(21,22)25-15-8-4-13(5-9-15)12-17(19)23-2/h4-11H,3,12H2,1-2H3. The number of methoxy groups -OCH3 is 1. The predicted molar refractivity (Wildman–Crippen MR) is 92.4 cm³/mol. The molecule has 0 bridgehead atoms. The Morgan fingerprint density at radius 1 is 0.962 bits per heavy atom. The van der Waals surface area contributed by atoms with Crippen LogP contribution in [0.4, 0.5) is 0 Å². The topological polar surface area (TPSA) is 96.0 Å². The molecule has 2 aromatic rings. The minimum absolute atomic E-state index is 0.0822. The van der Waals surface area contributed by atoms with E-state index in [2.05, 4.69) is 4.74 Å². The molecule has 2 rings (SSSR count). The quantitative estimate of drug-likeness (QED) is 0.539. The molecule has 7 nitrogen and oxygen atoms in total. The highest BCUT2D eigenvalue weighted by Crippen LogP contribution is 2.20. The lowest BCUT2D eigenvalue weighted by Gasteiger charge is -2.08. The van der Waals surface area contributed by atoms with Crippen molar-refractivity contribution >= 4 is 22.1 Å². The van der Waals surface area contributed by atoms with Gasteiger partial charge in [-0.25, -0.2) is 4.79 Å². The van der Waals surface area contributed by atoms with Gasteiger partial charge >= 0.3 is 22.1 Å². The number of carbonyl (C=O) groups excluding carboxylic acids is 2. The van der Waals surface area contributed by atoms with Gasteiger partial charge in [0.1, 0.15) is 10.6 Å². The van der Waals surface area contributed by atoms with Crippen molar-refractivity contribution in [3.63, 3.8) is 0 Å². The van der Waals surface area contributed by atoms with E-state index < -0.39 is 22.1 Å². The van der Waals surface area contributed by atoms with E-state index in [0.29, 0.717) is 5.56 Å². The molecule has 0 radical (unpaired) electrons. The maximum Gasteiger partial charge on any atom is 0.339 e. The summed E-state index contributed by atoms with van der Waals surface area (Å²) < 4.78 is 39.1. The molecule has 0 saturated carbocycles. The Kier molecular flexibility index (Phi) is 6.35. The Bertz CT molecular complexity index is 869. The summed E-state index contributed by atoms with van der Waals surface area (Å²) in [5.41, 5.74) is 0.915. The molecule has 0 aromatic heterocycles. The van der Waals surface area contributed by atoms with Gasteiger partial charge in [0.15, 0.2) is 0 Å². The van der Waals surface area contributed by atoms with Gasteiger partial charge in [-0.1, -0.05) is 12.1 Å². The summed E-state index contributed by atoms with van der Waals surface area (Å²) in [6.45, 7) is 1.91. The summed E-state index contributed by atoms with van der Waals surface area (Å²) in [6, 6.07) is 11.3. The molecule has 0 N–H and O–H groups in total. The summed E-state index contributed by atoms with van der Waals surface area (Å²) in [4.78, 5) is 22.7. The first-order chi connectivity index (χ1) is 12.4. The van der Waals surface area contributed by atoms with E-state index in [1.807, 2.05) is 0 Å². The fraction of sp³-hybridized carbons (Fsp3) is 0.222. The zero-order valence-corrected chi connectivity index (χ0v) is 15.1. The molecule has 138 valence electrons. The molecule has 8 heteroatoms. The average Bonchev–Trinajstić information content (AvgIpc) is 2.63. The molecule has 0 spiro atoms. The molecule has 0 aliphatic carbocycles. The van der Waals surface area contributed by atoms with E-state index in [9.17, 15) is 18.0 Å². The zero-order valence-electron chi connectivity index (χ0n) is 14.3. The van der Waals surface area contributed by atoms with Crippen molar-refractivity contribution in [1.29, 1.82) is 0 Å². The summed E-state index contributed by atoms with van der Waals surface area (Å²) in [5.74, 6) is -0.820. The van der Waals surface area contributed by atoms with Gasteiger partial charge in [-0.15, -0.1) is 0 Å². The van der Waals surface area contributed by atoms with Crippen molar-refractivity contribution in [3.05, 3.63) is 59.7 Å². The van der Waals surface area contributed by atoms with Gasteiger partial charge in [-0.2, -0.15) is 8.42 Å². The first kappa shape index (κ1) is 19.5. The van der Waals surface area contributed by atoms with Gasteiger partial charge in [0.2, 0.25) is 0 Å². The normalized spacial score (nSPS) is 10.8. The van der Waals surface area contributed by atoms with Gasteiger partial charge in [0, 0.05) is 0 Å². The Morgan fingerprint density at radius 3 is 2.12 bits per heavy atom. The van der Waals surface area contributed by atoms with Crippen molar-refractivity contribution in [2.24, 2.45) is 0 Å². The van der Waals surface area contributed by atoms with Crippen LogP contribution in [0.15, 0.2) is 53.4 Å². The molecular formula is C18H18O7S. The Labute approximate surface area is 151 Å². The van der Waals surface area contributed by atoms with Crippen LogP contribution in [0, 0.1) is 0 Å². The van der Waals surface area contributed by atoms with E-state index in [4.69, 9.17) is 8.92 Å². The second-order valence-corrected chi connectivity index (χ2v) is 6.73. The van der Waals surface area contributed by atoms with E-state index >= 15 is 0 Å². The molecule has 0 fully saturated rings. The van der Waals surface area contributed by atoms with Crippen molar-refractivity contribution in [2.75, 3.05) is 13.7 Å². The second-order valence-electron chi connectivity index (χ2n) is 5.18. The number of hydrogen-bond acceptors (Lipinski definition) is 7. The van der Waals surface area contributed by atoms with Crippen LogP contribution in [0.1, 0.15) is 22.8 Å². The third kappa shape index (κ3) is 5.06. The van der Waals surface area contributed by atoms with Crippen LogP contribution in [0.25, 0.3) is 0 Å². The number of ether oxygens (including phenoxy) is 2. The number of carbonyl (C=O) groups is 2. The SMILES string of the molecule is CCOC(=O)c1ccc(S(=O)(=O)Oc2ccc(CC(=O)OC)cc2)cc1. The van der Waals surface area contributed by atoms with E-state index in [0.717, 1.165) is 0 Å². The highest BCUT2D eigenvalue weighted by molar-refractivity contribution is 7.87. The van der Waals surface area contributed by atoms with E-state index in [-0.39, 0.29) is 29.2 Å². The fourth-order valence-corrected chi connectivity index (χ4v) is 2.98. The smallest absolute Gasteiger partial charge is 0.339 e. The molecule has 0 aliphatic rings. The maximum absolute atomic E-state index is 12.3. The van der Waals surface area contributed by atoms with Crippen LogP contribution in [0.2, 0.25) is 0 Å². The largest absolute Gasteiger partial charge is 0.469 e. The first-order valence-corrected chi connectivity index (χ1v) is 9.14. The Morgan fingerprint density at radius 2 is 1.58 bits per heavy atom. The molecular weight excluding hydrogens is 360 g/mol. The maximum atomic E-state index is 12.3. The monoisotopic (exact) mass is 378 g/mol. The minimum atomic E-state index is -4.05. The van der Waals surface area contributed by atoms with Crippen LogP contribution in [0.5, 0.6) is 5.75 Å². The van der Waals surface area contributed by atoms with Crippen LogP contribution < -0.4 is 4.18 Å². The predicted octanol–water partition coefficient (Wildman–Crippen LogP) is 2.35. The lowest BCUT2D eigenvalue weighted by molar-refractivity contribution is -0.139.